The number of hydrogen-bond acceptors (Lipinski definition) is 3. The number of hydrogen-bond donors (Lipinski definition) is 1. The second-order valence-corrected chi connectivity index (χ2v) is 4.13. The van der Waals surface area contributed by atoms with Crippen LogP contribution in [0.4, 0.5) is 0 Å². The number of likely N-dealkylation sites (N-methyl/N-ethyl adjacent to an activating group) is 1. The summed E-state index contributed by atoms with van der Waals surface area (Å²) in [6.45, 7) is 4.80. The van der Waals surface area contributed by atoms with Crippen molar-refractivity contribution in [3.8, 4) is 0 Å². The molecule has 0 bridgehead atoms. The molecule has 1 N–H and O–H groups in total. The summed E-state index contributed by atoms with van der Waals surface area (Å²) in [5.74, 6) is 0. The van der Waals surface area contributed by atoms with E-state index in [9.17, 15) is 0 Å². The van der Waals surface area contributed by atoms with Gasteiger partial charge in [-0.2, -0.15) is 0 Å². The SMILES string of the molecule is CCOC(C)C(Cc1ccncc1Cl)NC. The summed E-state index contributed by atoms with van der Waals surface area (Å²) in [4.78, 5) is 3.98. The van der Waals surface area contributed by atoms with Crippen LogP contribution < -0.4 is 5.32 Å². The van der Waals surface area contributed by atoms with Gasteiger partial charge >= 0.3 is 0 Å². The fourth-order valence-electron chi connectivity index (χ4n) is 1.69. The van der Waals surface area contributed by atoms with Crippen LogP contribution in [0.5, 0.6) is 0 Å². The minimum atomic E-state index is 0.166. The van der Waals surface area contributed by atoms with E-state index >= 15 is 0 Å². The monoisotopic (exact) mass is 242 g/mol. The molecule has 0 spiro atoms. The molecule has 0 aliphatic rings. The molecule has 0 amide bonds. The van der Waals surface area contributed by atoms with Gasteiger partial charge in [0.2, 0.25) is 0 Å². The molecule has 1 aromatic rings. The smallest absolute Gasteiger partial charge is 0.0702 e. The number of nitrogens with zero attached hydrogens (tertiary/aromatic N) is 1. The zero-order chi connectivity index (χ0) is 12.0. The molecule has 2 unspecified atom stereocenters. The Morgan fingerprint density at radius 3 is 2.88 bits per heavy atom. The second kappa shape index (κ2) is 6.84. The molecule has 3 nitrogen and oxygen atoms in total. The zero-order valence-corrected chi connectivity index (χ0v) is 10.8. The molecule has 0 fully saturated rings. The fraction of sp³-hybridized carbons (Fsp3) is 0.583. The van der Waals surface area contributed by atoms with Gasteiger partial charge in [-0.25, -0.2) is 0 Å². The number of ether oxygens (including phenoxy) is 1. The molecule has 0 aliphatic heterocycles. The van der Waals surface area contributed by atoms with Crippen LogP contribution in [0, 0.1) is 0 Å². The number of nitrogens with one attached hydrogen (secondary N) is 1. The van der Waals surface area contributed by atoms with Crippen molar-refractivity contribution < 1.29 is 4.74 Å². The number of rotatable bonds is 6. The lowest BCUT2D eigenvalue weighted by Crippen LogP contribution is -2.39. The molecule has 4 heteroatoms. The first-order chi connectivity index (χ1) is 7.69. The van der Waals surface area contributed by atoms with Crippen molar-refractivity contribution >= 4 is 11.6 Å². The quantitative estimate of drug-likeness (QED) is 0.831. The third kappa shape index (κ3) is 3.74. The molecular weight excluding hydrogens is 224 g/mol. The highest BCUT2D eigenvalue weighted by atomic mass is 35.5. The van der Waals surface area contributed by atoms with Gasteiger partial charge in [-0.15, -0.1) is 0 Å². The lowest BCUT2D eigenvalue weighted by Gasteiger charge is -2.23. The highest BCUT2D eigenvalue weighted by Gasteiger charge is 2.17. The Morgan fingerprint density at radius 2 is 2.31 bits per heavy atom. The third-order valence-corrected chi connectivity index (χ3v) is 3.00. The van der Waals surface area contributed by atoms with Gasteiger partial charge in [0.15, 0.2) is 0 Å². The molecule has 2 atom stereocenters. The van der Waals surface area contributed by atoms with E-state index in [1.165, 1.54) is 0 Å². The van der Waals surface area contributed by atoms with E-state index in [0.717, 1.165) is 18.6 Å². The number of halogens is 1. The Hall–Kier alpha value is -0.640. The van der Waals surface area contributed by atoms with Gasteiger partial charge < -0.3 is 10.1 Å². The standard InChI is InChI=1S/C12H19ClN2O/c1-4-16-9(2)12(14-3)7-10-5-6-15-8-11(10)13/h5-6,8-9,12,14H,4,7H2,1-3H3. The molecule has 1 rings (SSSR count). The summed E-state index contributed by atoms with van der Waals surface area (Å²) in [6.07, 6.45) is 4.45. The highest BCUT2D eigenvalue weighted by Crippen LogP contribution is 2.16. The van der Waals surface area contributed by atoms with E-state index < -0.39 is 0 Å². The first-order valence-electron chi connectivity index (χ1n) is 5.56. The maximum Gasteiger partial charge on any atom is 0.0702 e. The molecule has 0 radical (unpaired) electrons. The van der Waals surface area contributed by atoms with E-state index in [0.29, 0.717) is 5.02 Å². The summed E-state index contributed by atoms with van der Waals surface area (Å²) in [7, 11) is 1.94. The average molecular weight is 243 g/mol. The highest BCUT2D eigenvalue weighted by molar-refractivity contribution is 6.31. The molecular formula is C12H19ClN2O. The van der Waals surface area contributed by atoms with Gasteiger partial charge in [-0.1, -0.05) is 11.6 Å². The summed E-state index contributed by atoms with van der Waals surface area (Å²) in [5, 5.41) is 3.97. The van der Waals surface area contributed by atoms with Crippen LogP contribution in [0.2, 0.25) is 5.02 Å². The minimum Gasteiger partial charge on any atom is -0.377 e. The van der Waals surface area contributed by atoms with Gasteiger partial charge in [0.1, 0.15) is 0 Å². The van der Waals surface area contributed by atoms with Crippen molar-refractivity contribution in [1.29, 1.82) is 0 Å². The van der Waals surface area contributed by atoms with Crippen molar-refractivity contribution in [3.63, 3.8) is 0 Å². The predicted octanol–water partition coefficient (Wildman–Crippen LogP) is 2.29. The number of pyridine rings is 1. The summed E-state index contributed by atoms with van der Waals surface area (Å²) < 4.78 is 5.59. The molecule has 90 valence electrons. The molecule has 1 aromatic heterocycles. The zero-order valence-electron chi connectivity index (χ0n) is 10.0. The Kier molecular flexibility index (Phi) is 5.74. The normalized spacial score (nSPS) is 14.8. The van der Waals surface area contributed by atoms with Crippen LogP contribution >= 0.6 is 11.6 Å². The Balaban J connectivity index is 2.66. The fourth-order valence-corrected chi connectivity index (χ4v) is 1.88. The predicted molar refractivity (Wildman–Crippen MR) is 66.9 cm³/mol. The van der Waals surface area contributed by atoms with E-state index in [1.807, 2.05) is 20.0 Å². The number of aromatic nitrogens is 1. The summed E-state index contributed by atoms with van der Waals surface area (Å²) >= 11 is 6.08. The van der Waals surface area contributed by atoms with Crippen LogP contribution in [0.25, 0.3) is 0 Å². The Morgan fingerprint density at radius 1 is 1.56 bits per heavy atom. The van der Waals surface area contributed by atoms with Crippen molar-refractivity contribution in [3.05, 3.63) is 29.0 Å². The maximum absolute atomic E-state index is 6.08. The molecule has 0 aliphatic carbocycles. The van der Waals surface area contributed by atoms with Crippen LogP contribution in [0.3, 0.4) is 0 Å². The van der Waals surface area contributed by atoms with Crippen molar-refractivity contribution in [2.45, 2.75) is 32.4 Å². The molecule has 16 heavy (non-hydrogen) atoms. The van der Waals surface area contributed by atoms with Gasteiger partial charge in [0, 0.05) is 25.0 Å². The first-order valence-corrected chi connectivity index (χ1v) is 5.94. The van der Waals surface area contributed by atoms with E-state index in [4.69, 9.17) is 16.3 Å². The topological polar surface area (TPSA) is 34.1 Å². The van der Waals surface area contributed by atoms with Crippen LogP contribution in [0.1, 0.15) is 19.4 Å². The first kappa shape index (κ1) is 13.4. The van der Waals surface area contributed by atoms with E-state index in [-0.39, 0.29) is 12.1 Å². The van der Waals surface area contributed by atoms with E-state index in [2.05, 4.69) is 17.2 Å². The van der Waals surface area contributed by atoms with Crippen molar-refractivity contribution in [1.82, 2.24) is 10.3 Å². The molecule has 1 heterocycles. The minimum absolute atomic E-state index is 0.166. The second-order valence-electron chi connectivity index (χ2n) is 3.73. The van der Waals surface area contributed by atoms with Crippen LogP contribution in [-0.2, 0) is 11.2 Å². The van der Waals surface area contributed by atoms with Crippen LogP contribution in [-0.4, -0.2) is 30.8 Å². The molecule has 0 aromatic carbocycles. The van der Waals surface area contributed by atoms with Gasteiger partial charge in [-0.3, -0.25) is 4.98 Å². The summed E-state index contributed by atoms with van der Waals surface area (Å²) in [6, 6.07) is 2.21. The van der Waals surface area contributed by atoms with Gasteiger partial charge in [-0.05, 0) is 38.9 Å². The molecule has 0 saturated heterocycles. The molecule has 0 saturated carbocycles. The van der Waals surface area contributed by atoms with E-state index in [1.54, 1.807) is 12.4 Å². The van der Waals surface area contributed by atoms with Gasteiger partial charge in [0.25, 0.3) is 0 Å². The summed E-state index contributed by atoms with van der Waals surface area (Å²) in [5.41, 5.74) is 1.10. The average Bonchev–Trinajstić information content (AvgIpc) is 2.28. The van der Waals surface area contributed by atoms with Gasteiger partial charge in [0.05, 0.1) is 11.1 Å². The Labute approximate surface area is 102 Å². The van der Waals surface area contributed by atoms with Crippen molar-refractivity contribution in [2.24, 2.45) is 0 Å². The Bertz CT molecular complexity index is 320. The van der Waals surface area contributed by atoms with Crippen molar-refractivity contribution in [2.75, 3.05) is 13.7 Å². The van der Waals surface area contributed by atoms with Crippen LogP contribution in [0.15, 0.2) is 18.5 Å². The maximum atomic E-state index is 6.08. The lowest BCUT2D eigenvalue weighted by atomic mass is 10.0. The largest absolute Gasteiger partial charge is 0.377 e. The lowest BCUT2D eigenvalue weighted by molar-refractivity contribution is 0.0497. The third-order valence-electron chi connectivity index (χ3n) is 2.66.